The Morgan fingerprint density at radius 2 is 2.13 bits per heavy atom. The van der Waals surface area contributed by atoms with E-state index in [0.29, 0.717) is 24.2 Å². The molecule has 3 unspecified atom stereocenters. The maximum atomic E-state index is 10.6. The third-order valence-corrected chi connectivity index (χ3v) is 3.30. The Balaban J connectivity index is 1.93. The van der Waals surface area contributed by atoms with E-state index in [1.807, 2.05) is 25.1 Å². The van der Waals surface area contributed by atoms with Crippen LogP contribution in [0.15, 0.2) is 30.3 Å². The number of carboxylic acids is 1. The molecule has 2 nitrogen and oxygen atoms in total. The third kappa shape index (κ3) is 2.38. The third-order valence-electron chi connectivity index (χ3n) is 3.30. The fourth-order valence-electron chi connectivity index (χ4n) is 2.35. The minimum Gasteiger partial charge on any atom is -0.481 e. The second-order valence-corrected chi connectivity index (χ2v) is 4.49. The SMILES string of the molecule is CC(CC(=O)O)C1CC1c1ccccc1. The van der Waals surface area contributed by atoms with Gasteiger partial charge in [0.15, 0.2) is 0 Å². The molecule has 0 bridgehead atoms. The molecule has 0 amide bonds. The van der Waals surface area contributed by atoms with Crippen LogP contribution in [0.2, 0.25) is 0 Å². The van der Waals surface area contributed by atoms with Crippen LogP contribution in [-0.2, 0) is 4.79 Å². The summed E-state index contributed by atoms with van der Waals surface area (Å²) in [7, 11) is 0. The van der Waals surface area contributed by atoms with Crippen molar-refractivity contribution in [3.05, 3.63) is 35.9 Å². The Morgan fingerprint density at radius 3 is 2.73 bits per heavy atom. The molecule has 2 heteroatoms. The maximum absolute atomic E-state index is 10.6. The lowest BCUT2D eigenvalue weighted by atomic mass is 9.98. The molecule has 0 spiro atoms. The van der Waals surface area contributed by atoms with Crippen molar-refractivity contribution >= 4 is 5.97 Å². The van der Waals surface area contributed by atoms with Crippen LogP contribution in [0, 0.1) is 11.8 Å². The molecule has 1 aliphatic carbocycles. The van der Waals surface area contributed by atoms with E-state index in [1.165, 1.54) is 5.56 Å². The first-order valence-electron chi connectivity index (χ1n) is 5.45. The van der Waals surface area contributed by atoms with E-state index >= 15 is 0 Å². The topological polar surface area (TPSA) is 37.3 Å². The highest BCUT2D eigenvalue weighted by atomic mass is 16.4. The molecule has 0 saturated heterocycles. The normalized spacial score (nSPS) is 25.9. The summed E-state index contributed by atoms with van der Waals surface area (Å²) in [6.07, 6.45) is 1.45. The van der Waals surface area contributed by atoms with E-state index in [9.17, 15) is 4.79 Å². The first-order chi connectivity index (χ1) is 7.18. The van der Waals surface area contributed by atoms with Crippen LogP contribution < -0.4 is 0 Å². The van der Waals surface area contributed by atoms with Crippen molar-refractivity contribution in [1.29, 1.82) is 0 Å². The van der Waals surface area contributed by atoms with Gasteiger partial charge in [-0.15, -0.1) is 0 Å². The first kappa shape index (κ1) is 10.2. The van der Waals surface area contributed by atoms with Gasteiger partial charge in [0, 0.05) is 6.42 Å². The van der Waals surface area contributed by atoms with Crippen LogP contribution in [0.1, 0.15) is 31.2 Å². The van der Waals surface area contributed by atoms with Crippen LogP contribution in [-0.4, -0.2) is 11.1 Å². The number of benzene rings is 1. The molecule has 2 rings (SSSR count). The largest absolute Gasteiger partial charge is 0.481 e. The van der Waals surface area contributed by atoms with Crippen molar-refractivity contribution in [2.45, 2.75) is 25.7 Å². The Hall–Kier alpha value is -1.31. The number of rotatable bonds is 4. The number of aliphatic carboxylic acids is 1. The molecule has 15 heavy (non-hydrogen) atoms. The molecule has 1 aromatic carbocycles. The average molecular weight is 204 g/mol. The molecule has 0 radical (unpaired) electrons. The number of hydrogen-bond donors (Lipinski definition) is 1. The molecule has 1 fully saturated rings. The molecule has 1 saturated carbocycles. The van der Waals surface area contributed by atoms with E-state index < -0.39 is 5.97 Å². The van der Waals surface area contributed by atoms with Crippen molar-refractivity contribution in [2.75, 3.05) is 0 Å². The fourth-order valence-corrected chi connectivity index (χ4v) is 2.35. The van der Waals surface area contributed by atoms with Gasteiger partial charge in [-0.05, 0) is 29.7 Å². The van der Waals surface area contributed by atoms with E-state index in [0.717, 1.165) is 6.42 Å². The lowest BCUT2D eigenvalue weighted by Gasteiger charge is -2.07. The average Bonchev–Trinajstić information content (AvgIpc) is 2.97. The van der Waals surface area contributed by atoms with Crippen LogP contribution in [0.5, 0.6) is 0 Å². The van der Waals surface area contributed by atoms with Crippen LogP contribution >= 0.6 is 0 Å². The van der Waals surface area contributed by atoms with Crippen LogP contribution in [0.4, 0.5) is 0 Å². The summed E-state index contributed by atoms with van der Waals surface area (Å²) in [5.74, 6) is 0.790. The van der Waals surface area contributed by atoms with Gasteiger partial charge in [-0.2, -0.15) is 0 Å². The molecule has 0 aliphatic heterocycles. The summed E-state index contributed by atoms with van der Waals surface area (Å²) in [4.78, 5) is 10.6. The number of carboxylic acid groups (broad SMARTS) is 1. The van der Waals surface area contributed by atoms with Gasteiger partial charge in [0.05, 0.1) is 0 Å². The molecule has 1 aliphatic rings. The minimum atomic E-state index is -0.679. The number of carbonyl (C=O) groups is 1. The summed E-state index contributed by atoms with van der Waals surface area (Å²) >= 11 is 0. The summed E-state index contributed by atoms with van der Waals surface area (Å²) in [5, 5.41) is 8.72. The van der Waals surface area contributed by atoms with E-state index in [1.54, 1.807) is 0 Å². The zero-order valence-electron chi connectivity index (χ0n) is 8.89. The molecule has 1 aromatic rings. The molecule has 0 aromatic heterocycles. The summed E-state index contributed by atoms with van der Waals surface area (Å²) in [6.45, 7) is 2.04. The van der Waals surface area contributed by atoms with Gasteiger partial charge >= 0.3 is 5.97 Å². The Bertz CT molecular complexity index is 345. The lowest BCUT2D eigenvalue weighted by Crippen LogP contribution is -2.06. The van der Waals surface area contributed by atoms with E-state index in [-0.39, 0.29) is 0 Å². The predicted molar refractivity (Wildman–Crippen MR) is 58.7 cm³/mol. The molecular formula is C13H16O2. The van der Waals surface area contributed by atoms with Gasteiger partial charge < -0.3 is 5.11 Å². The molecule has 0 heterocycles. The van der Waals surface area contributed by atoms with Gasteiger partial charge in [-0.25, -0.2) is 0 Å². The van der Waals surface area contributed by atoms with E-state index in [4.69, 9.17) is 5.11 Å². The summed E-state index contributed by atoms with van der Waals surface area (Å²) in [6, 6.07) is 10.4. The van der Waals surface area contributed by atoms with Crippen molar-refractivity contribution < 1.29 is 9.90 Å². The molecule has 1 N–H and O–H groups in total. The van der Waals surface area contributed by atoms with Gasteiger partial charge in [0.25, 0.3) is 0 Å². The van der Waals surface area contributed by atoms with Crippen molar-refractivity contribution in [3.63, 3.8) is 0 Å². The van der Waals surface area contributed by atoms with Gasteiger partial charge in [-0.3, -0.25) is 4.79 Å². The standard InChI is InChI=1S/C13H16O2/c1-9(7-13(14)15)11-8-12(11)10-5-3-2-4-6-10/h2-6,9,11-12H,7-8H2,1H3,(H,14,15). The molecule has 3 atom stereocenters. The Labute approximate surface area is 89.9 Å². The van der Waals surface area contributed by atoms with Gasteiger partial charge in [-0.1, -0.05) is 37.3 Å². The fraction of sp³-hybridized carbons (Fsp3) is 0.462. The van der Waals surface area contributed by atoms with Crippen LogP contribution in [0.3, 0.4) is 0 Å². The first-order valence-corrected chi connectivity index (χ1v) is 5.45. The highest BCUT2D eigenvalue weighted by Gasteiger charge is 2.42. The zero-order valence-corrected chi connectivity index (χ0v) is 8.89. The van der Waals surface area contributed by atoms with E-state index in [2.05, 4.69) is 12.1 Å². The van der Waals surface area contributed by atoms with Crippen LogP contribution in [0.25, 0.3) is 0 Å². The highest BCUT2D eigenvalue weighted by molar-refractivity contribution is 5.67. The quantitative estimate of drug-likeness (QED) is 0.818. The Morgan fingerprint density at radius 1 is 1.47 bits per heavy atom. The highest BCUT2D eigenvalue weighted by Crippen LogP contribution is 2.52. The smallest absolute Gasteiger partial charge is 0.303 e. The predicted octanol–water partition coefficient (Wildman–Crippen LogP) is 2.90. The number of hydrogen-bond acceptors (Lipinski definition) is 1. The summed E-state index contributed by atoms with van der Waals surface area (Å²) < 4.78 is 0. The molecule has 80 valence electrons. The van der Waals surface area contributed by atoms with Crippen molar-refractivity contribution in [2.24, 2.45) is 11.8 Å². The Kier molecular flexibility index (Phi) is 2.76. The maximum Gasteiger partial charge on any atom is 0.303 e. The summed E-state index contributed by atoms with van der Waals surface area (Å²) in [5.41, 5.74) is 1.36. The lowest BCUT2D eigenvalue weighted by molar-refractivity contribution is -0.138. The van der Waals surface area contributed by atoms with Gasteiger partial charge in [0.2, 0.25) is 0 Å². The monoisotopic (exact) mass is 204 g/mol. The second-order valence-electron chi connectivity index (χ2n) is 4.49. The van der Waals surface area contributed by atoms with Gasteiger partial charge in [0.1, 0.15) is 0 Å². The zero-order chi connectivity index (χ0) is 10.8. The minimum absolute atomic E-state index is 0.299. The second kappa shape index (κ2) is 4.05. The molecular weight excluding hydrogens is 188 g/mol. The van der Waals surface area contributed by atoms with Crippen molar-refractivity contribution in [3.8, 4) is 0 Å². The van der Waals surface area contributed by atoms with Crippen molar-refractivity contribution in [1.82, 2.24) is 0 Å².